The molecule has 0 atom stereocenters. The number of benzene rings is 2. The average Bonchev–Trinajstić information content (AvgIpc) is 2.62. The maximum absolute atomic E-state index is 13.1. The van der Waals surface area contributed by atoms with E-state index in [0.717, 1.165) is 17.3 Å². The number of rotatable bonds is 7. The van der Waals surface area contributed by atoms with Crippen LogP contribution in [0.5, 0.6) is 11.5 Å². The summed E-state index contributed by atoms with van der Waals surface area (Å²) in [6.07, 6.45) is 0. The van der Waals surface area contributed by atoms with E-state index in [2.05, 4.69) is 10.3 Å². The van der Waals surface area contributed by atoms with Gasteiger partial charge in [0.25, 0.3) is 0 Å². The summed E-state index contributed by atoms with van der Waals surface area (Å²) in [6, 6.07) is 14.0. The van der Waals surface area contributed by atoms with E-state index < -0.39 is 0 Å². The number of ether oxygens (including phenoxy) is 2. The number of halogens is 1. The number of methoxy groups -OCH3 is 1. The summed E-state index contributed by atoms with van der Waals surface area (Å²) in [6.45, 7) is 1.70. The highest BCUT2D eigenvalue weighted by Crippen LogP contribution is 2.13. The third kappa shape index (κ3) is 5.99. The second-order valence-corrected chi connectivity index (χ2v) is 5.48. The van der Waals surface area contributed by atoms with E-state index >= 15 is 0 Å². The first-order valence-corrected chi connectivity index (χ1v) is 8.05. The van der Waals surface area contributed by atoms with Gasteiger partial charge in [0, 0.05) is 26.7 Å². The second-order valence-electron chi connectivity index (χ2n) is 5.48. The Labute approximate surface area is 148 Å². The molecule has 5 nitrogen and oxygen atoms in total. The number of nitrogens with zero attached hydrogens (tertiary/aromatic N) is 2. The Bertz CT molecular complexity index is 689. The molecule has 25 heavy (non-hydrogen) atoms. The molecule has 0 heterocycles. The molecule has 0 unspecified atom stereocenters. The van der Waals surface area contributed by atoms with Gasteiger partial charge in [-0.25, -0.2) is 4.39 Å². The van der Waals surface area contributed by atoms with Gasteiger partial charge in [-0.3, -0.25) is 4.99 Å². The summed E-state index contributed by atoms with van der Waals surface area (Å²) in [4.78, 5) is 6.29. The van der Waals surface area contributed by atoms with Gasteiger partial charge in [0.1, 0.15) is 23.9 Å². The van der Waals surface area contributed by atoms with Crippen LogP contribution in [0.3, 0.4) is 0 Å². The first-order valence-electron chi connectivity index (χ1n) is 8.05. The van der Waals surface area contributed by atoms with Crippen LogP contribution in [0.2, 0.25) is 0 Å². The van der Waals surface area contributed by atoms with Crippen LogP contribution in [-0.4, -0.2) is 45.2 Å². The van der Waals surface area contributed by atoms with Crippen molar-refractivity contribution in [2.45, 2.75) is 6.54 Å². The van der Waals surface area contributed by atoms with Crippen molar-refractivity contribution < 1.29 is 13.9 Å². The molecule has 2 aromatic rings. The van der Waals surface area contributed by atoms with E-state index in [1.54, 1.807) is 26.3 Å². The lowest BCUT2D eigenvalue weighted by molar-refractivity contribution is 0.317. The SMILES string of the molecule is CN=C(NCCOc1cccc(F)c1)N(C)Cc1ccc(OC)cc1. The van der Waals surface area contributed by atoms with Gasteiger partial charge in [0.05, 0.1) is 13.7 Å². The van der Waals surface area contributed by atoms with Crippen LogP contribution >= 0.6 is 0 Å². The number of hydrogen-bond donors (Lipinski definition) is 1. The summed E-state index contributed by atoms with van der Waals surface area (Å²) in [5, 5.41) is 3.23. The van der Waals surface area contributed by atoms with Gasteiger partial charge in [-0.2, -0.15) is 0 Å². The molecule has 134 valence electrons. The standard InChI is InChI=1S/C19H24FN3O2/c1-21-19(22-11-12-25-18-6-4-5-16(20)13-18)23(2)14-15-7-9-17(24-3)10-8-15/h4-10,13H,11-12,14H2,1-3H3,(H,21,22). The first kappa shape index (κ1) is 18.6. The Morgan fingerprint density at radius 1 is 1.16 bits per heavy atom. The highest BCUT2D eigenvalue weighted by molar-refractivity contribution is 5.79. The normalized spacial score (nSPS) is 11.1. The van der Waals surface area contributed by atoms with Gasteiger partial charge >= 0.3 is 0 Å². The van der Waals surface area contributed by atoms with Crippen LogP contribution in [0.15, 0.2) is 53.5 Å². The van der Waals surface area contributed by atoms with E-state index in [0.29, 0.717) is 25.4 Å². The van der Waals surface area contributed by atoms with E-state index in [1.165, 1.54) is 12.1 Å². The van der Waals surface area contributed by atoms with Crippen molar-refractivity contribution in [2.24, 2.45) is 4.99 Å². The second kappa shape index (κ2) is 9.52. The maximum Gasteiger partial charge on any atom is 0.193 e. The van der Waals surface area contributed by atoms with Crippen molar-refractivity contribution in [3.63, 3.8) is 0 Å². The molecule has 0 bridgehead atoms. The molecule has 0 saturated heterocycles. The third-order valence-electron chi connectivity index (χ3n) is 3.60. The molecular formula is C19H24FN3O2. The lowest BCUT2D eigenvalue weighted by atomic mass is 10.2. The minimum atomic E-state index is -0.305. The summed E-state index contributed by atoms with van der Waals surface area (Å²) >= 11 is 0. The van der Waals surface area contributed by atoms with Gasteiger partial charge in [0.2, 0.25) is 0 Å². The molecule has 0 radical (unpaired) electrons. The minimum Gasteiger partial charge on any atom is -0.497 e. The van der Waals surface area contributed by atoms with Crippen LogP contribution in [0.4, 0.5) is 4.39 Å². The van der Waals surface area contributed by atoms with Crippen LogP contribution in [0.25, 0.3) is 0 Å². The van der Waals surface area contributed by atoms with Crippen molar-refractivity contribution >= 4 is 5.96 Å². The van der Waals surface area contributed by atoms with Crippen molar-refractivity contribution in [1.82, 2.24) is 10.2 Å². The Hall–Kier alpha value is -2.76. The van der Waals surface area contributed by atoms with E-state index in [1.807, 2.05) is 36.2 Å². The van der Waals surface area contributed by atoms with E-state index in [9.17, 15) is 4.39 Å². The Morgan fingerprint density at radius 3 is 2.56 bits per heavy atom. The molecule has 0 aliphatic heterocycles. The van der Waals surface area contributed by atoms with Gasteiger partial charge in [0.15, 0.2) is 5.96 Å². The van der Waals surface area contributed by atoms with Gasteiger partial charge in [-0.05, 0) is 29.8 Å². The molecule has 1 N–H and O–H groups in total. The zero-order valence-electron chi connectivity index (χ0n) is 14.8. The van der Waals surface area contributed by atoms with Crippen LogP contribution in [0, 0.1) is 5.82 Å². The molecule has 2 rings (SSSR count). The van der Waals surface area contributed by atoms with Crippen LogP contribution in [0.1, 0.15) is 5.56 Å². The number of aliphatic imine (C=N–C) groups is 1. The first-order chi connectivity index (χ1) is 12.1. The molecule has 0 spiro atoms. The highest BCUT2D eigenvalue weighted by Gasteiger charge is 2.06. The number of hydrogen-bond acceptors (Lipinski definition) is 3. The van der Waals surface area contributed by atoms with Gasteiger partial charge < -0.3 is 19.7 Å². The Balaban J connectivity index is 1.78. The molecule has 0 aliphatic rings. The molecule has 2 aromatic carbocycles. The smallest absolute Gasteiger partial charge is 0.193 e. The van der Waals surface area contributed by atoms with E-state index in [-0.39, 0.29) is 5.82 Å². The summed E-state index contributed by atoms with van der Waals surface area (Å²) in [7, 11) is 5.35. The molecule has 0 aliphatic carbocycles. The summed E-state index contributed by atoms with van der Waals surface area (Å²) in [5.41, 5.74) is 1.15. The summed E-state index contributed by atoms with van der Waals surface area (Å²) < 4.78 is 23.8. The van der Waals surface area contributed by atoms with Crippen molar-refractivity contribution in [3.05, 3.63) is 59.9 Å². The average molecular weight is 345 g/mol. The maximum atomic E-state index is 13.1. The molecule has 0 saturated carbocycles. The Kier molecular flexibility index (Phi) is 7.07. The molecule has 0 aromatic heterocycles. The van der Waals surface area contributed by atoms with E-state index in [4.69, 9.17) is 9.47 Å². The van der Waals surface area contributed by atoms with Gasteiger partial charge in [-0.15, -0.1) is 0 Å². The topological polar surface area (TPSA) is 46.1 Å². The lowest BCUT2D eigenvalue weighted by Gasteiger charge is -2.22. The zero-order chi connectivity index (χ0) is 18.1. The number of guanidine groups is 1. The largest absolute Gasteiger partial charge is 0.497 e. The quantitative estimate of drug-likeness (QED) is 0.476. The van der Waals surface area contributed by atoms with Crippen molar-refractivity contribution in [2.75, 3.05) is 34.4 Å². The molecule has 6 heteroatoms. The Morgan fingerprint density at radius 2 is 1.92 bits per heavy atom. The van der Waals surface area contributed by atoms with Crippen LogP contribution < -0.4 is 14.8 Å². The predicted molar refractivity (Wildman–Crippen MR) is 97.7 cm³/mol. The minimum absolute atomic E-state index is 0.305. The monoisotopic (exact) mass is 345 g/mol. The lowest BCUT2D eigenvalue weighted by Crippen LogP contribution is -2.40. The predicted octanol–water partition coefficient (Wildman–Crippen LogP) is 2.92. The van der Waals surface area contributed by atoms with Crippen molar-refractivity contribution in [3.8, 4) is 11.5 Å². The van der Waals surface area contributed by atoms with Gasteiger partial charge in [-0.1, -0.05) is 18.2 Å². The third-order valence-corrected chi connectivity index (χ3v) is 3.60. The summed E-state index contributed by atoms with van der Waals surface area (Å²) in [5.74, 6) is 1.81. The fourth-order valence-corrected chi connectivity index (χ4v) is 2.35. The van der Waals surface area contributed by atoms with Crippen molar-refractivity contribution in [1.29, 1.82) is 0 Å². The highest BCUT2D eigenvalue weighted by atomic mass is 19.1. The zero-order valence-corrected chi connectivity index (χ0v) is 14.8. The van der Waals surface area contributed by atoms with Crippen LogP contribution in [-0.2, 0) is 6.54 Å². The fraction of sp³-hybridized carbons (Fsp3) is 0.316. The fourth-order valence-electron chi connectivity index (χ4n) is 2.35. The molecule has 0 amide bonds. The molecule has 0 fully saturated rings. The molecular weight excluding hydrogens is 321 g/mol. The number of nitrogens with one attached hydrogen (secondary N) is 1.